The Labute approximate surface area is 133 Å². The molecule has 2 aromatic rings. The topological polar surface area (TPSA) is 117 Å². The van der Waals surface area contributed by atoms with E-state index in [2.05, 4.69) is 10.3 Å². The van der Waals surface area contributed by atoms with E-state index in [4.69, 9.17) is 10.9 Å². The lowest BCUT2D eigenvalue weighted by atomic mass is 10.2. The van der Waals surface area contributed by atoms with Crippen molar-refractivity contribution < 1.29 is 19.2 Å². The minimum absolute atomic E-state index is 0.279. The minimum atomic E-state index is -0.279. The highest BCUT2D eigenvalue weighted by Crippen LogP contribution is 2.17. The summed E-state index contributed by atoms with van der Waals surface area (Å²) in [6.07, 6.45) is 2.67. The van der Waals surface area contributed by atoms with Gasteiger partial charge in [0.15, 0.2) is 12.6 Å². The van der Waals surface area contributed by atoms with Gasteiger partial charge < -0.3 is 16.3 Å². The molecule has 0 aliphatic heterocycles. The zero-order valence-corrected chi connectivity index (χ0v) is 12.8. The van der Waals surface area contributed by atoms with Crippen molar-refractivity contribution >= 4 is 23.9 Å². The summed E-state index contributed by atoms with van der Waals surface area (Å²) >= 11 is 0. The Morgan fingerprint density at radius 2 is 1.83 bits per heavy atom. The molecular weight excluding hydrogens is 303 g/mol. The normalized spacial score (nSPS) is 8.70. The molecule has 124 valence electrons. The number of carbonyl (C=O) groups is 2. The second kappa shape index (κ2) is 11.8. The molecule has 0 aliphatic rings. The standard InChI is InChI=1S/C7H9FN2.C7H5NO2.CH5NO/c1-10-7-4-5(8)2-3-6(7)9;9-4-6-1-2-7(5-10)8-3-6;1-2-3/h2-4,10H,9H2,1H3;1-5H;2-3H,1H3. The molecular formula is C15H19FN4O3. The van der Waals surface area contributed by atoms with Gasteiger partial charge in [-0.3, -0.25) is 14.6 Å². The van der Waals surface area contributed by atoms with Gasteiger partial charge in [-0.2, -0.15) is 0 Å². The first kappa shape index (κ1) is 20.2. The maximum Gasteiger partial charge on any atom is 0.168 e. The number of carbonyl (C=O) groups excluding carboxylic acids is 2. The van der Waals surface area contributed by atoms with Gasteiger partial charge in [-0.05, 0) is 30.3 Å². The van der Waals surface area contributed by atoms with E-state index < -0.39 is 0 Å². The molecule has 0 bridgehead atoms. The van der Waals surface area contributed by atoms with E-state index in [0.29, 0.717) is 35.2 Å². The number of anilines is 2. The van der Waals surface area contributed by atoms with Crippen LogP contribution in [0.25, 0.3) is 0 Å². The molecule has 0 radical (unpaired) electrons. The molecule has 5 N–H and O–H groups in total. The van der Waals surface area contributed by atoms with E-state index in [1.165, 1.54) is 37.5 Å². The lowest BCUT2D eigenvalue weighted by Crippen LogP contribution is -1.95. The first-order chi connectivity index (χ1) is 11.0. The lowest BCUT2D eigenvalue weighted by molar-refractivity contribution is 0.110. The van der Waals surface area contributed by atoms with E-state index in [1.54, 1.807) is 18.6 Å². The molecule has 0 fully saturated rings. The Bertz CT molecular complexity index is 579. The van der Waals surface area contributed by atoms with Crippen molar-refractivity contribution in [1.29, 1.82) is 0 Å². The fraction of sp³-hybridized carbons (Fsp3) is 0.133. The van der Waals surface area contributed by atoms with Crippen LogP contribution in [-0.4, -0.2) is 36.9 Å². The van der Waals surface area contributed by atoms with Crippen molar-refractivity contribution in [1.82, 2.24) is 10.5 Å². The lowest BCUT2D eigenvalue weighted by Gasteiger charge is -2.02. The van der Waals surface area contributed by atoms with Gasteiger partial charge in [-0.15, -0.1) is 0 Å². The number of rotatable bonds is 3. The Morgan fingerprint density at radius 3 is 2.22 bits per heavy atom. The molecule has 0 saturated carbocycles. The van der Waals surface area contributed by atoms with Crippen LogP contribution < -0.4 is 16.5 Å². The number of hydrogen-bond donors (Lipinski definition) is 4. The van der Waals surface area contributed by atoms with Crippen LogP contribution in [0.5, 0.6) is 0 Å². The van der Waals surface area contributed by atoms with Crippen molar-refractivity contribution in [2.24, 2.45) is 0 Å². The molecule has 0 atom stereocenters. The van der Waals surface area contributed by atoms with Crippen LogP contribution in [0.4, 0.5) is 15.8 Å². The summed E-state index contributed by atoms with van der Waals surface area (Å²) in [5.41, 5.74) is 9.22. The second-order valence-corrected chi connectivity index (χ2v) is 3.96. The molecule has 0 saturated heterocycles. The summed E-state index contributed by atoms with van der Waals surface area (Å²) < 4.78 is 12.4. The fourth-order valence-corrected chi connectivity index (χ4v) is 1.30. The number of halogens is 1. The first-order valence-electron chi connectivity index (χ1n) is 6.42. The predicted molar refractivity (Wildman–Crippen MR) is 86.2 cm³/mol. The molecule has 1 aromatic heterocycles. The molecule has 0 spiro atoms. The molecule has 7 nitrogen and oxygen atoms in total. The molecule has 1 aromatic carbocycles. The van der Waals surface area contributed by atoms with Gasteiger partial charge in [-0.1, -0.05) is 0 Å². The Kier molecular flexibility index (Phi) is 10.3. The number of nitrogens with one attached hydrogen (secondary N) is 2. The highest BCUT2D eigenvalue weighted by molar-refractivity contribution is 5.77. The average Bonchev–Trinajstić information content (AvgIpc) is 2.58. The number of nitrogens with two attached hydrogens (primary N) is 1. The number of benzene rings is 1. The molecule has 1 heterocycles. The number of nitrogen functional groups attached to an aromatic ring is 1. The second-order valence-electron chi connectivity index (χ2n) is 3.96. The van der Waals surface area contributed by atoms with Crippen LogP contribution in [0.3, 0.4) is 0 Å². The van der Waals surface area contributed by atoms with E-state index in [1.807, 2.05) is 0 Å². The van der Waals surface area contributed by atoms with Gasteiger partial charge in [0.05, 0.1) is 11.4 Å². The molecule has 0 amide bonds. The SMILES string of the molecule is CNO.CNc1cc(F)ccc1N.O=Cc1ccc(C=O)nc1. The number of hydrogen-bond acceptors (Lipinski definition) is 7. The average molecular weight is 322 g/mol. The first-order valence-corrected chi connectivity index (χ1v) is 6.42. The number of nitrogens with zero attached hydrogens (tertiary/aromatic N) is 1. The van der Waals surface area contributed by atoms with Crippen LogP contribution in [-0.2, 0) is 0 Å². The third kappa shape index (κ3) is 8.24. The van der Waals surface area contributed by atoms with Crippen LogP contribution in [0.1, 0.15) is 20.8 Å². The summed E-state index contributed by atoms with van der Waals surface area (Å²) in [6.45, 7) is 0. The number of aromatic nitrogens is 1. The Morgan fingerprint density at radius 1 is 1.17 bits per heavy atom. The van der Waals surface area contributed by atoms with Crippen LogP contribution in [0, 0.1) is 5.82 Å². The van der Waals surface area contributed by atoms with Crippen molar-refractivity contribution in [3.05, 3.63) is 53.6 Å². The van der Waals surface area contributed by atoms with Crippen molar-refractivity contribution in [3.8, 4) is 0 Å². The summed E-state index contributed by atoms with van der Waals surface area (Å²) in [6, 6.07) is 7.26. The van der Waals surface area contributed by atoms with Gasteiger partial charge in [0.2, 0.25) is 0 Å². The summed E-state index contributed by atoms with van der Waals surface area (Å²) in [4.78, 5) is 23.8. The largest absolute Gasteiger partial charge is 0.397 e. The molecule has 2 rings (SSSR count). The zero-order valence-electron chi connectivity index (χ0n) is 12.8. The van der Waals surface area contributed by atoms with Crippen molar-refractivity contribution in [3.63, 3.8) is 0 Å². The van der Waals surface area contributed by atoms with Crippen molar-refractivity contribution in [2.75, 3.05) is 25.1 Å². The molecule has 8 heteroatoms. The van der Waals surface area contributed by atoms with Gasteiger partial charge >= 0.3 is 0 Å². The maximum absolute atomic E-state index is 12.4. The summed E-state index contributed by atoms with van der Waals surface area (Å²) in [5, 5.41) is 10.1. The third-order valence-corrected chi connectivity index (χ3v) is 2.35. The quantitative estimate of drug-likeness (QED) is 0.386. The van der Waals surface area contributed by atoms with Gasteiger partial charge in [0.1, 0.15) is 11.5 Å². The van der Waals surface area contributed by atoms with Crippen LogP contribution in [0.2, 0.25) is 0 Å². The molecule has 23 heavy (non-hydrogen) atoms. The highest BCUT2D eigenvalue weighted by Gasteiger charge is 1.96. The Balaban J connectivity index is 0.000000360. The number of pyridine rings is 1. The number of hydroxylamine groups is 1. The highest BCUT2D eigenvalue weighted by atomic mass is 19.1. The van der Waals surface area contributed by atoms with E-state index in [-0.39, 0.29) is 5.82 Å². The maximum atomic E-state index is 12.4. The minimum Gasteiger partial charge on any atom is -0.397 e. The van der Waals surface area contributed by atoms with Crippen molar-refractivity contribution in [2.45, 2.75) is 0 Å². The molecule has 0 unspecified atom stereocenters. The van der Waals surface area contributed by atoms with Gasteiger partial charge in [-0.25, -0.2) is 9.87 Å². The fourth-order valence-electron chi connectivity index (χ4n) is 1.30. The molecule has 0 aliphatic carbocycles. The summed E-state index contributed by atoms with van der Waals surface area (Å²) in [5.74, 6) is -0.279. The van der Waals surface area contributed by atoms with Gasteiger partial charge in [0, 0.05) is 25.9 Å². The Hall–Kier alpha value is -2.84. The predicted octanol–water partition coefficient (Wildman–Crippen LogP) is 1.75. The summed E-state index contributed by atoms with van der Waals surface area (Å²) in [7, 11) is 3.13. The van der Waals surface area contributed by atoms with Crippen LogP contribution in [0.15, 0.2) is 36.5 Å². The van der Waals surface area contributed by atoms with Gasteiger partial charge in [0.25, 0.3) is 0 Å². The van der Waals surface area contributed by atoms with E-state index >= 15 is 0 Å². The monoisotopic (exact) mass is 322 g/mol. The van der Waals surface area contributed by atoms with E-state index in [0.717, 1.165) is 0 Å². The smallest absolute Gasteiger partial charge is 0.168 e. The third-order valence-electron chi connectivity index (χ3n) is 2.35. The van der Waals surface area contributed by atoms with E-state index in [9.17, 15) is 14.0 Å². The zero-order chi connectivity index (χ0) is 17.7. The van der Waals surface area contributed by atoms with Crippen LogP contribution >= 0.6 is 0 Å². The number of aldehydes is 2.